The van der Waals surface area contributed by atoms with E-state index in [-0.39, 0.29) is 11.8 Å². The Morgan fingerprint density at radius 1 is 1.00 bits per heavy atom. The number of nitrogens with two attached hydrogens (primary N) is 1. The molecule has 0 spiro atoms. The molecule has 7 nitrogen and oxygen atoms in total. The SMILES string of the molecule is CC(C)[C@H](Nc1nc(CN2CCN(C3Cc4ccccc4C3)CC2)nc2ccccc12)C(N)=O. The molecule has 2 heterocycles. The summed E-state index contributed by atoms with van der Waals surface area (Å²) >= 11 is 0. The summed E-state index contributed by atoms with van der Waals surface area (Å²) in [5, 5.41) is 4.21. The number of aromatic nitrogens is 2. The Kier molecular flexibility index (Phi) is 6.48. The van der Waals surface area contributed by atoms with Crippen LogP contribution < -0.4 is 11.1 Å². The van der Waals surface area contributed by atoms with Crippen LogP contribution in [0.1, 0.15) is 30.8 Å². The highest BCUT2D eigenvalue weighted by atomic mass is 16.1. The molecule has 0 unspecified atom stereocenters. The van der Waals surface area contributed by atoms with E-state index in [1.807, 2.05) is 38.1 Å². The van der Waals surface area contributed by atoms with Crippen LogP contribution in [0.2, 0.25) is 0 Å². The normalized spacial score (nSPS) is 18.3. The highest BCUT2D eigenvalue weighted by Crippen LogP contribution is 2.27. The Hall–Kier alpha value is -3.03. The number of primary amides is 1. The minimum absolute atomic E-state index is 0.0597. The molecule has 7 heteroatoms. The number of nitrogens with zero attached hydrogens (tertiary/aromatic N) is 4. The lowest BCUT2D eigenvalue weighted by Crippen LogP contribution is -2.50. The molecule has 1 atom stereocenters. The van der Waals surface area contributed by atoms with Gasteiger partial charge in [-0.2, -0.15) is 0 Å². The molecule has 1 aliphatic carbocycles. The van der Waals surface area contributed by atoms with Crippen molar-refractivity contribution in [3.8, 4) is 0 Å². The fourth-order valence-corrected chi connectivity index (χ4v) is 5.30. The summed E-state index contributed by atoms with van der Waals surface area (Å²) in [4.78, 5) is 26.7. The van der Waals surface area contributed by atoms with Crippen LogP contribution in [-0.2, 0) is 24.2 Å². The molecule has 34 heavy (non-hydrogen) atoms. The fraction of sp³-hybridized carbons (Fsp3) is 0.444. The van der Waals surface area contributed by atoms with Gasteiger partial charge < -0.3 is 11.1 Å². The van der Waals surface area contributed by atoms with Gasteiger partial charge in [-0.25, -0.2) is 9.97 Å². The van der Waals surface area contributed by atoms with Crippen LogP contribution in [0.25, 0.3) is 10.9 Å². The van der Waals surface area contributed by atoms with E-state index in [0.717, 1.165) is 55.7 Å². The molecule has 2 aromatic carbocycles. The Morgan fingerprint density at radius 3 is 2.29 bits per heavy atom. The van der Waals surface area contributed by atoms with E-state index in [4.69, 9.17) is 15.7 Å². The Bertz CT molecular complexity index is 1150. The van der Waals surface area contributed by atoms with Crippen molar-refractivity contribution in [2.24, 2.45) is 11.7 Å². The molecule has 1 saturated heterocycles. The lowest BCUT2D eigenvalue weighted by Gasteiger charge is -2.37. The molecule has 1 fully saturated rings. The molecule has 0 radical (unpaired) electrons. The number of para-hydroxylation sites is 1. The predicted octanol–water partition coefficient (Wildman–Crippen LogP) is 2.84. The minimum Gasteiger partial charge on any atom is -0.368 e. The number of carbonyl (C=O) groups is 1. The minimum atomic E-state index is -0.481. The number of fused-ring (bicyclic) bond motifs is 2. The van der Waals surface area contributed by atoms with Crippen LogP contribution in [0.4, 0.5) is 5.82 Å². The zero-order chi connectivity index (χ0) is 23.7. The number of benzene rings is 2. The maximum atomic E-state index is 12.0. The average Bonchev–Trinajstić information content (AvgIpc) is 3.27. The summed E-state index contributed by atoms with van der Waals surface area (Å²) in [6.45, 7) is 8.79. The van der Waals surface area contributed by atoms with Crippen molar-refractivity contribution in [2.45, 2.75) is 45.3 Å². The summed E-state index contributed by atoms with van der Waals surface area (Å²) in [7, 11) is 0. The lowest BCUT2D eigenvalue weighted by molar-refractivity contribution is -0.119. The van der Waals surface area contributed by atoms with E-state index >= 15 is 0 Å². The van der Waals surface area contributed by atoms with Gasteiger partial charge in [-0.05, 0) is 42.0 Å². The zero-order valence-electron chi connectivity index (χ0n) is 20.1. The predicted molar refractivity (Wildman–Crippen MR) is 135 cm³/mol. The number of anilines is 1. The third kappa shape index (κ3) is 4.76. The largest absolute Gasteiger partial charge is 0.368 e. The van der Waals surface area contributed by atoms with Gasteiger partial charge in [-0.1, -0.05) is 50.2 Å². The average molecular weight is 459 g/mol. The summed E-state index contributed by atoms with van der Waals surface area (Å²) in [6, 6.07) is 16.9. The topological polar surface area (TPSA) is 87.4 Å². The summed E-state index contributed by atoms with van der Waals surface area (Å²) in [6.07, 6.45) is 2.33. The van der Waals surface area contributed by atoms with Crippen LogP contribution in [0.15, 0.2) is 48.5 Å². The molecular formula is C27H34N6O. The molecule has 3 aromatic rings. The van der Waals surface area contributed by atoms with E-state index in [1.54, 1.807) is 0 Å². The second kappa shape index (κ2) is 9.68. The smallest absolute Gasteiger partial charge is 0.240 e. The molecule has 0 bridgehead atoms. The van der Waals surface area contributed by atoms with Crippen LogP contribution in [0.5, 0.6) is 0 Å². The molecule has 1 aliphatic heterocycles. The maximum absolute atomic E-state index is 12.0. The van der Waals surface area contributed by atoms with Crippen molar-refractivity contribution >= 4 is 22.6 Å². The first kappa shape index (κ1) is 22.7. The van der Waals surface area contributed by atoms with Crippen molar-refractivity contribution in [1.29, 1.82) is 0 Å². The molecule has 2 aliphatic rings. The van der Waals surface area contributed by atoms with E-state index in [0.29, 0.717) is 18.4 Å². The summed E-state index contributed by atoms with van der Waals surface area (Å²) in [5.74, 6) is 1.14. The number of piperazine rings is 1. The lowest BCUT2D eigenvalue weighted by atomic mass is 10.0. The molecule has 0 saturated carbocycles. The number of hydrogen-bond acceptors (Lipinski definition) is 6. The maximum Gasteiger partial charge on any atom is 0.240 e. The van der Waals surface area contributed by atoms with Gasteiger partial charge in [-0.3, -0.25) is 14.6 Å². The Labute approximate surface area is 201 Å². The van der Waals surface area contributed by atoms with E-state index in [9.17, 15) is 4.79 Å². The zero-order valence-corrected chi connectivity index (χ0v) is 20.1. The highest BCUT2D eigenvalue weighted by Gasteiger charge is 2.29. The van der Waals surface area contributed by atoms with Crippen molar-refractivity contribution < 1.29 is 4.79 Å². The molecule has 5 rings (SSSR count). The number of nitrogens with one attached hydrogen (secondary N) is 1. The van der Waals surface area contributed by atoms with Gasteiger partial charge >= 0.3 is 0 Å². The Balaban J connectivity index is 1.27. The van der Waals surface area contributed by atoms with Crippen LogP contribution in [0, 0.1) is 5.92 Å². The first-order valence-electron chi connectivity index (χ1n) is 12.3. The van der Waals surface area contributed by atoms with Gasteiger partial charge in [0.1, 0.15) is 17.7 Å². The number of amides is 1. The first-order chi connectivity index (χ1) is 16.5. The Morgan fingerprint density at radius 2 is 1.65 bits per heavy atom. The molecule has 1 amide bonds. The van der Waals surface area contributed by atoms with Gasteiger partial charge in [0.2, 0.25) is 5.91 Å². The van der Waals surface area contributed by atoms with Crippen molar-refractivity contribution in [2.75, 3.05) is 31.5 Å². The third-order valence-corrected chi connectivity index (χ3v) is 7.23. The summed E-state index contributed by atoms with van der Waals surface area (Å²) < 4.78 is 0. The molecule has 178 valence electrons. The van der Waals surface area contributed by atoms with Crippen molar-refractivity contribution in [3.05, 3.63) is 65.5 Å². The third-order valence-electron chi connectivity index (χ3n) is 7.23. The highest BCUT2D eigenvalue weighted by molar-refractivity contribution is 5.91. The van der Waals surface area contributed by atoms with Crippen LogP contribution >= 0.6 is 0 Å². The number of hydrogen-bond donors (Lipinski definition) is 2. The second-order valence-electron chi connectivity index (χ2n) is 9.92. The van der Waals surface area contributed by atoms with Crippen molar-refractivity contribution in [3.63, 3.8) is 0 Å². The van der Waals surface area contributed by atoms with Crippen LogP contribution in [0.3, 0.4) is 0 Å². The van der Waals surface area contributed by atoms with Gasteiger partial charge in [0, 0.05) is 37.6 Å². The molecule has 1 aromatic heterocycles. The van der Waals surface area contributed by atoms with Gasteiger partial charge in [0.25, 0.3) is 0 Å². The second-order valence-corrected chi connectivity index (χ2v) is 9.92. The first-order valence-corrected chi connectivity index (χ1v) is 12.3. The van der Waals surface area contributed by atoms with Gasteiger partial charge in [0.05, 0.1) is 12.1 Å². The fourth-order valence-electron chi connectivity index (χ4n) is 5.30. The van der Waals surface area contributed by atoms with E-state index in [2.05, 4.69) is 39.4 Å². The van der Waals surface area contributed by atoms with Crippen LogP contribution in [-0.4, -0.2) is 63.9 Å². The van der Waals surface area contributed by atoms with Crippen molar-refractivity contribution in [1.82, 2.24) is 19.8 Å². The summed E-state index contributed by atoms with van der Waals surface area (Å²) in [5.41, 5.74) is 9.55. The molecular weight excluding hydrogens is 424 g/mol. The van der Waals surface area contributed by atoms with E-state index in [1.165, 1.54) is 11.1 Å². The van der Waals surface area contributed by atoms with E-state index < -0.39 is 6.04 Å². The molecule has 3 N–H and O–H groups in total. The number of rotatable bonds is 7. The van der Waals surface area contributed by atoms with Gasteiger partial charge in [-0.15, -0.1) is 0 Å². The number of carbonyl (C=O) groups excluding carboxylic acids is 1. The van der Waals surface area contributed by atoms with Gasteiger partial charge in [0.15, 0.2) is 0 Å². The monoisotopic (exact) mass is 458 g/mol. The quantitative estimate of drug-likeness (QED) is 0.566. The standard InChI is InChI=1S/C27H34N6O/c1-18(2)25(26(28)34)31-27-22-9-5-6-10-23(22)29-24(30-27)17-32-11-13-33(14-12-32)21-15-19-7-3-4-8-20(19)16-21/h3-10,18,21,25H,11-17H2,1-2H3,(H2,28,34)(H,29,30,31)/t25-/m0/s1.